The molecule has 128 valence electrons. The van der Waals surface area contributed by atoms with E-state index in [4.69, 9.17) is 9.47 Å². The molecular weight excluding hydrogens is 296 g/mol. The standard InChI is InChI=1S/C17H26N2O4/c1-6-12(2)17(21)18-10-16(20)19(3)11-13-7-8-14(22-4)9-15(13)23-5/h7-9,12H,6,10-11H2,1-5H3,(H,18,21). The van der Waals surface area contributed by atoms with Gasteiger partial charge in [0.1, 0.15) is 11.5 Å². The van der Waals surface area contributed by atoms with Gasteiger partial charge in [-0.3, -0.25) is 9.59 Å². The van der Waals surface area contributed by atoms with Crippen molar-refractivity contribution >= 4 is 11.8 Å². The largest absolute Gasteiger partial charge is 0.497 e. The lowest BCUT2D eigenvalue weighted by atomic mass is 10.1. The Labute approximate surface area is 137 Å². The highest BCUT2D eigenvalue weighted by molar-refractivity contribution is 5.85. The van der Waals surface area contributed by atoms with Crippen LogP contribution in [0.5, 0.6) is 11.5 Å². The van der Waals surface area contributed by atoms with Gasteiger partial charge in [0.15, 0.2) is 0 Å². The Balaban J connectivity index is 2.63. The molecule has 1 atom stereocenters. The molecule has 0 fully saturated rings. The normalized spacial score (nSPS) is 11.5. The molecule has 0 heterocycles. The monoisotopic (exact) mass is 322 g/mol. The molecule has 0 aromatic heterocycles. The maximum Gasteiger partial charge on any atom is 0.242 e. The van der Waals surface area contributed by atoms with Gasteiger partial charge in [0.2, 0.25) is 11.8 Å². The number of amides is 2. The van der Waals surface area contributed by atoms with Gasteiger partial charge >= 0.3 is 0 Å². The minimum atomic E-state index is -0.153. The quantitative estimate of drug-likeness (QED) is 0.793. The van der Waals surface area contributed by atoms with Gasteiger partial charge < -0.3 is 19.7 Å². The average molecular weight is 322 g/mol. The second-order valence-electron chi connectivity index (χ2n) is 5.45. The summed E-state index contributed by atoms with van der Waals surface area (Å²) in [6, 6.07) is 5.46. The molecule has 0 aliphatic carbocycles. The van der Waals surface area contributed by atoms with Crippen LogP contribution in [-0.2, 0) is 16.1 Å². The van der Waals surface area contributed by atoms with Crippen molar-refractivity contribution in [3.05, 3.63) is 23.8 Å². The average Bonchev–Trinajstić information content (AvgIpc) is 2.58. The Hall–Kier alpha value is -2.24. The van der Waals surface area contributed by atoms with Crippen molar-refractivity contribution < 1.29 is 19.1 Å². The van der Waals surface area contributed by atoms with E-state index in [1.165, 1.54) is 0 Å². The first-order valence-corrected chi connectivity index (χ1v) is 7.65. The van der Waals surface area contributed by atoms with E-state index in [9.17, 15) is 9.59 Å². The number of benzene rings is 1. The van der Waals surface area contributed by atoms with Crippen molar-refractivity contribution in [3.63, 3.8) is 0 Å². The summed E-state index contributed by atoms with van der Waals surface area (Å²) in [5, 5.41) is 2.67. The van der Waals surface area contributed by atoms with E-state index in [0.717, 1.165) is 12.0 Å². The van der Waals surface area contributed by atoms with Crippen LogP contribution >= 0.6 is 0 Å². The van der Waals surface area contributed by atoms with Crippen molar-refractivity contribution in [2.24, 2.45) is 5.92 Å². The first-order chi connectivity index (χ1) is 10.9. The molecule has 6 nitrogen and oxygen atoms in total. The predicted molar refractivity (Wildman–Crippen MR) is 88.5 cm³/mol. The summed E-state index contributed by atoms with van der Waals surface area (Å²) in [6.07, 6.45) is 0.749. The Bertz CT molecular complexity index is 545. The van der Waals surface area contributed by atoms with Crippen LogP contribution in [0.2, 0.25) is 0 Å². The van der Waals surface area contributed by atoms with Gasteiger partial charge in [-0.25, -0.2) is 0 Å². The summed E-state index contributed by atoms with van der Waals surface area (Å²) in [5.41, 5.74) is 0.873. The molecule has 2 amide bonds. The van der Waals surface area contributed by atoms with Crippen molar-refractivity contribution in [3.8, 4) is 11.5 Å². The number of likely N-dealkylation sites (N-methyl/N-ethyl adjacent to an activating group) is 1. The number of nitrogens with one attached hydrogen (secondary N) is 1. The number of hydrogen-bond acceptors (Lipinski definition) is 4. The first-order valence-electron chi connectivity index (χ1n) is 7.65. The van der Waals surface area contributed by atoms with E-state index in [1.54, 1.807) is 32.2 Å². The van der Waals surface area contributed by atoms with Crippen LogP contribution in [0.15, 0.2) is 18.2 Å². The highest BCUT2D eigenvalue weighted by Gasteiger charge is 2.15. The number of hydrogen-bond donors (Lipinski definition) is 1. The van der Waals surface area contributed by atoms with Gasteiger partial charge in [0.05, 0.1) is 20.8 Å². The molecule has 0 aliphatic rings. The Morgan fingerprint density at radius 1 is 1.26 bits per heavy atom. The van der Waals surface area contributed by atoms with Crippen molar-refractivity contribution in [1.82, 2.24) is 10.2 Å². The zero-order chi connectivity index (χ0) is 17.4. The van der Waals surface area contributed by atoms with Crippen LogP contribution in [-0.4, -0.2) is 44.5 Å². The molecule has 23 heavy (non-hydrogen) atoms. The molecule has 0 bridgehead atoms. The molecular formula is C17H26N2O4. The number of carbonyl (C=O) groups is 2. The fourth-order valence-corrected chi connectivity index (χ4v) is 1.98. The van der Waals surface area contributed by atoms with Crippen molar-refractivity contribution in [2.75, 3.05) is 27.8 Å². The zero-order valence-corrected chi connectivity index (χ0v) is 14.5. The maximum absolute atomic E-state index is 12.1. The van der Waals surface area contributed by atoms with Gasteiger partial charge in [-0.1, -0.05) is 13.8 Å². The molecule has 1 rings (SSSR count). The fourth-order valence-electron chi connectivity index (χ4n) is 1.98. The highest BCUT2D eigenvalue weighted by Crippen LogP contribution is 2.25. The lowest BCUT2D eigenvalue weighted by Crippen LogP contribution is -2.39. The maximum atomic E-state index is 12.1. The summed E-state index contributed by atoms with van der Waals surface area (Å²) in [6.45, 7) is 4.17. The third-order valence-corrected chi connectivity index (χ3v) is 3.80. The van der Waals surface area contributed by atoms with Crippen LogP contribution in [0.4, 0.5) is 0 Å². The number of carbonyl (C=O) groups excluding carboxylic acids is 2. The van der Waals surface area contributed by atoms with Crippen LogP contribution in [0, 0.1) is 5.92 Å². The lowest BCUT2D eigenvalue weighted by Gasteiger charge is -2.20. The molecule has 0 spiro atoms. The Morgan fingerprint density at radius 3 is 2.52 bits per heavy atom. The molecule has 0 radical (unpaired) electrons. The molecule has 1 aromatic carbocycles. The molecule has 1 unspecified atom stereocenters. The second kappa shape index (κ2) is 9.02. The van der Waals surface area contributed by atoms with E-state index in [2.05, 4.69) is 5.32 Å². The topological polar surface area (TPSA) is 67.9 Å². The van der Waals surface area contributed by atoms with E-state index in [0.29, 0.717) is 18.0 Å². The van der Waals surface area contributed by atoms with Crippen molar-refractivity contribution in [2.45, 2.75) is 26.8 Å². The SMILES string of the molecule is CCC(C)C(=O)NCC(=O)N(C)Cc1ccc(OC)cc1OC. The van der Waals surface area contributed by atoms with E-state index >= 15 is 0 Å². The summed E-state index contributed by atoms with van der Waals surface area (Å²) in [5.74, 6) is 1.01. The number of ether oxygens (including phenoxy) is 2. The predicted octanol–water partition coefficient (Wildman–Crippen LogP) is 1.82. The number of methoxy groups -OCH3 is 2. The van der Waals surface area contributed by atoms with E-state index < -0.39 is 0 Å². The van der Waals surface area contributed by atoms with Gasteiger partial charge in [0.25, 0.3) is 0 Å². The van der Waals surface area contributed by atoms with E-state index in [1.807, 2.05) is 26.0 Å². The van der Waals surface area contributed by atoms with E-state index in [-0.39, 0.29) is 24.3 Å². The molecule has 0 aliphatic heterocycles. The van der Waals surface area contributed by atoms with Gasteiger partial charge in [-0.2, -0.15) is 0 Å². The summed E-state index contributed by atoms with van der Waals surface area (Å²) >= 11 is 0. The summed E-state index contributed by atoms with van der Waals surface area (Å²) < 4.78 is 10.5. The molecule has 0 saturated heterocycles. The molecule has 1 N–H and O–H groups in total. The van der Waals surface area contributed by atoms with Crippen LogP contribution in [0.25, 0.3) is 0 Å². The number of rotatable bonds is 8. The van der Waals surface area contributed by atoms with Crippen molar-refractivity contribution in [1.29, 1.82) is 0 Å². The number of nitrogens with zero attached hydrogens (tertiary/aromatic N) is 1. The minimum absolute atomic E-state index is 0.00184. The third-order valence-electron chi connectivity index (χ3n) is 3.80. The van der Waals surface area contributed by atoms with Crippen LogP contribution in [0.1, 0.15) is 25.8 Å². The second-order valence-corrected chi connectivity index (χ2v) is 5.45. The molecule has 0 saturated carbocycles. The Morgan fingerprint density at radius 2 is 1.96 bits per heavy atom. The smallest absolute Gasteiger partial charge is 0.242 e. The van der Waals surface area contributed by atoms with Crippen LogP contribution < -0.4 is 14.8 Å². The van der Waals surface area contributed by atoms with Crippen LogP contribution in [0.3, 0.4) is 0 Å². The Kier molecular flexibility index (Phi) is 7.38. The zero-order valence-electron chi connectivity index (χ0n) is 14.5. The third kappa shape index (κ3) is 5.47. The highest BCUT2D eigenvalue weighted by atomic mass is 16.5. The van der Waals surface area contributed by atoms with Gasteiger partial charge in [-0.05, 0) is 18.6 Å². The molecule has 1 aromatic rings. The summed E-state index contributed by atoms with van der Waals surface area (Å²) in [4.78, 5) is 25.4. The minimum Gasteiger partial charge on any atom is -0.497 e. The van der Waals surface area contributed by atoms with Gasteiger partial charge in [0, 0.05) is 31.1 Å². The fraction of sp³-hybridized carbons (Fsp3) is 0.529. The summed E-state index contributed by atoms with van der Waals surface area (Å²) in [7, 11) is 4.86. The molecule has 6 heteroatoms. The first kappa shape index (κ1) is 18.8. The lowest BCUT2D eigenvalue weighted by molar-refractivity contribution is -0.133. The van der Waals surface area contributed by atoms with Gasteiger partial charge in [-0.15, -0.1) is 0 Å².